The zero-order chi connectivity index (χ0) is 26.8. The largest absolute Gasteiger partial charge is 0.393 e. The van der Waals surface area contributed by atoms with Crippen molar-refractivity contribution >= 4 is 11.7 Å². The standard InChI is InChI=1S/C27H48N2O7/c1-3-4-5-6-9-14-22(30)17-18-24-23(25(31)21-26(24)32)15-10-7-8-11-16-27(33)28(2)19-12-13-20-36-29(34)35/h7,10,23-26,31-32H,3-6,8-9,11-21H2,1-2H3/b10-7-/t23-,24-,25+,26-/m1/s1. The van der Waals surface area contributed by atoms with Crippen molar-refractivity contribution in [2.75, 3.05) is 20.2 Å². The van der Waals surface area contributed by atoms with E-state index < -0.39 is 17.3 Å². The number of nitrogens with zero attached hydrogens (tertiary/aromatic N) is 2. The van der Waals surface area contributed by atoms with Crippen LogP contribution in [0.5, 0.6) is 0 Å². The maximum Gasteiger partial charge on any atom is 0.294 e. The minimum atomic E-state index is -0.809. The van der Waals surface area contributed by atoms with Crippen molar-refractivity contribution in [3.8, 4) is 0 Å². The average Bonchev–Trinajstić information content (AvgIpc) is 3.10. The third-order valence-electron chi connectivity index (χ3n) is 7.18. The molecule has 4 atom stereocenters. The quantitative estimate of drug-likeness (QED) is 0.0993. The van der Waals surface area contributed by atoms with Gasteiger partial charge in [-0.05, 0) is 63.2 Å². The van der Waals surface area contributed by atoms with Gasteiger partial charge >= 0.3 is 0 Å². The molecule has 1 aliphatic rings. The van der Waals surface area contributed by atoms with Gasteiger partial charge in [-0.25, -0.2) is 0 Å². The molecule has 0 bridgehead atoms. The second-order valence-corrected chi connectivity index (χ2v) is 10.1. The fraction of sp³-hybridized carbons (Fsp3) is 0.852. The predicted molar refractivity (Wildman–Crippen MR) is 139 cm³/mol. The lowest BCUT2D eigenvalue weighted by atomic mass is 9.86. The summed E-state index contributed by atoms with van der Waals surface area (Å²) in [5.41, 5.74) is 0. The Bertz CT molecular complexity index is 671. The molecule has 0 aromatic rings. The van der Waals surface area contributed by atoms with Crippen LogP contribution in [0.1, 0.15) is 103 Å². The molecule has 0 radical (unpaired) electrons. The Morgan fingerprint density at radius 3 is 2.42 bits per heavy atom. The van der Waals surface area contributed by atoms with E-state index in [1.807, 2.05) is 12.2 Å². The summed E-state index contributed by atoms with van der Waals surface area (Å²) in [7, 11) is 1.73. The van der Waals surface area contributed by atoms with Gasteiger partial charge in [0.25, 0.3) is 5.09 Å². The lowest BCUT2D eigenvalue weighted by molar-refractivity contribution is -0.757. The van der Waals surface area contributed by atoms with Gasteiger partial charge in [0.2, 0.25) is 5.91 Å². The molecule has 1 saturated carbocycles. The lowest BCUT2D eigenvalue weighted by Crippen LogP contribution is -2.27. The first-order valence-corrected chi connectivity index (χ1v) is 13.8. The number of rotatable bonds is 21. The van der Waals surface area contributed by atoms with E-state index in [4.69, 9.17) is 0 Å². The Hall–Kier alpha value is -2.00. The molecule has 0 heterocycles. The molecule has 0 spiro atoms. The normalized spacial score (nSPS) is 21.7. The molecule has 36 heavy (non-hydrogen) atoms. The number of aliphatic hydroxyl groups excluding tert-OH is 2. The second-order valence-electron chi connectivity index (χ2n) is 10.1. The first kappa shape index (κ1) is 32.0. The SMILES string of the molecule is CCCCCCCC(=O)CC[C@@H]1[C@@H](C/C=C\CCCC(=O)N(C)CCCCO[N+](=O)[O-])[C@@H](O)C[C@H]1O. The molecule has 0 aromatic heterocycles. The van der Waals surface area contributed by atoms with Crippen LogP contribution < -0.4 is 0 Å². The van der Waals surface area contributed by atoms with Gasteiger partial charge in [0.1, 0.15) is 5.78 Å². The fourth-order valence-corrected chi connectivity index (χ4v) is 4.93. The molecule has 208 valence electrons. The van der Waals surface area contributed by atoms with E-state index in [0.717, 1.165) is 25.7 Å². The smallest absolute Gasteiger partial charge is 0.294 e. The predicted octanol–water partition coefficient (Wildman–Crippen LogP) is 4.62. The molecular weight excluding hydrogens is 464 g/mol. The van der Waals surface area contributed by atoms with E-state index in [9.17, 15) is 29.9 Å². The number of carbonyl (C=O) groups is 2. The Balaban J connectivity index is 2.25. The van der Waals surface area contributed by atoms with Crippen molar-refractivity contribution in [1.29, 1.82) is 0 Å². The van der Waals surface area contributed by atoms with Crippen LogP contribution in [0.2, 0.25) is 0 Å². The zero-order valence-corrected chi connectivity index (χ0v) is 22.3. The van der Waals surface area contributed by atoms with Gasteiger partial charge in [0, 0.05) is 32.9 Å². The van der Waals surface area contributed by atoms with Gasteiger partial charge in [-0.15, -0.1) is 10.1 Å². The van der Waals surface area contributed by atoms with Gasteiger partial charge in [-0.1, -0.05) is 44.8 Å². The number of unbranched alkanes of at least 4 members (excludes halogenated alkanes) is 6. The van der Waals surface area contributed by atoms with E-state index in [2.05, 4.69) is 11.8 Å². The highest BCUT2D eigenvalue weighted by molar-refractivity contribution is 5.78. The average molecular weight is 513 g/mol. The molecule has 0 saturated heterocycles. The van der Waals surface area contributed by atoms with E-state index in [1.165, 1.54) is 19.3 Å². The van der Waals surface area contributed by atoms with Crippen LogP contribution in [0.4, 0.5) is 0 Å². The molecule has 1 amide bonds. The number of hydrogen-bond acceptors (Lipinski definition) is 7. The Kier molecular flexibility index (Phi) is 17.0. The Morgan fingerprint density at radius 2 is 1.69 bits per heavy atom. The molecule has 0 unspecified atom stereocenters. The summed E-state index contributed by atoms with van der Waals surface area (Å²) < 4.78 is 0. The highest BCUT2D eigenvalue weighted by Crippen LogP contribution is 2.38. The highest BCUT2D eigenvalue weighted by Gasteiger charge is 2.40. The maximum atomic E-state index is 12.3. The summed E-state index contributed by atoms with van der Waals surface area (Å²) in [6.45, 7) is 2.76. The number of ketones is 1. The van der Waals surface area contributed by atoms with Crippen molar-refractivity contribution in [2.45, 2.75) is 115 Å². The van der Waals surface area contributed by atoms with Gasteiger partial charge in [-0.2, -0.15) is 0 Å². The van der Waals surface area contributed by atoms with Crippen molar-refractivity contribution in [3.05, 3.63) is 22.3 Å². The summed E-state index contributed by atoms with van der Waals surface area (Å²) in [5, 5.41) is 30.1. The first-order valence-electron chi connectivity index (χ1n) is 13.8. The Morgan fingerprint density at radius 1 is 0.972 bits per heavy atom. The molecule has 2 N–H and O–H groups in total. The second kappa shape index (κ2) is 19.2. The van der Waals surface area contributed by atoms with Crippen LogP contribution in [-0.4, -0.2) is 64.3 Å². The van der Waals surface area contributed by atoms with E-state index in [1.54, 1.807) is 11.9 Å². The van der Waals surface area contributed by atoms with E-state index in [-0.39, 0.29) is 30.1 Å². The van der Waals surface area contributed by atoms with Crippen LogP contribution in [0.15, 0.2) is 12.2 Å². The topological polar surface area (TPSA) is 130 Å². The number of hydrogen-bond donors (Lipinski definition) is 2. The maximum absolute atomic E-state index is 12.3. The number of aliphatic hydroxyl groups is 2. The van der Waals surface area contributed by atoms with Crippen LogP contribution in [0, 0.1) is 22.0 Å². The number of carbonyl (C=O) groups excluding carboxylic acids is 2. The monoisotopic (exact) mass is 512 g/mol. The van der Waals surface area contributed by atoms with Crippen LogP contribution >= 0.6 is 0 Å². The van der Waals surface area contributed by atoms with Gasteiger partial charge < -0.3 is 20.0 Å². The van der Waals surface area contributed by atoms with Gasteiger partial charge in [0.15, 0.2) is 0 Å². The molecule has 1 fully saturated rings. The molecule has 1 rings (SSSR count). The molecular formula is C27H48N2O7. The summed E-state index contributed by atoms with van der Waals surface area (Å²) in [6, 6.07) is 0. The minimum Gasteiger partial charge on any atom is -0.393 e. The van der Waals surface area contributed by atoms with E-state index in [0.29, 0.717) is 57.9 Å². The fourth-order valence-electron chi connectivity index (χ4n) is 4.93. The molecule has 0 aromatic carbocycles. The van der Waals surface area contributed by atoms with Crippen molar-refractivity contribution in [1.82, 2.24) is 4.90 Å². The number of amides is 1. The summed E-state index contributed by atoms with van der Waals surface area (Å²) in [5.74, 6) is 0.206. The lowest BCUT2D eigenvalue weighted by Gasteiger charge is -2.22. The number of allylic oxidation sites excluding steroid dienone is 2. The minimum absolute atomic E-state index is 0.0411. The third kappa shape index (κ3) is 13.9. The molecule has 0 aliphatic heterocycles. The molecule has 9 heteroatoms. The van der Waals surface area contributed by atoms with Gasteiger partial charge in [0.05, 0.1) is 18.8 Å². The third-order valence-corrected chi connectivity index (χ3v) is 7.18. The number of Topliss-reactive ketones (excluding diaryl/α,β-unsaturated/α-hetero) is 1. The highest BCUT2D eigenvalue weighted by atomic mass is 16.9. The van der Waals surface area contributed by atoms with Crippen molar-refractivity contribution < 1.29 is 29.7 Å². The first-order chi connectivity index (χ1) is 17.3. The van der Waals surface area contributed by atoms with Crippen molar-refractivity contribution in [3.63, 3.8) is 0 Å². The van der Waals surface area contributed by atoms with Gasteiger partial charge in [-0.3, -0.25) is 9.59 Å². The zero-order valence-electron chi connectivity index (χ0n) is 22.3. The molecule has 1 aliphatic carbocycles. The summed E-state index contributed by atoms with van der Waals surface area (Å²) in [4.78, 5) is 40.5. The molecule has 9 nitrogen and oxygen atoms in total. The van der Waals surface area contributed by atoms with Crippen LogP contribution in [0.25, 0.3) is 0 Å². The van der Waals surface area contributed by atoms with Crippen molar-refractivity contribution in [2.24, 2.45) is 11.8 Å². The van der Waals surface area contributed by atoms with E-state index >= 15 is 0 Å². The van der Waals surface area contributed by atoms with Crippen LogP contribution in [0.3, 0.4) is 0 Å². The van der Waals surface area contributed by atoms with Crippen LogP contribution in [-0.2, 0) is 14.4 Å². The summed E-state index contributed by atoms with van der Waals surface area (Å²) >= 11 is 0. The Labute approximate surface area is 216 Å². The summed E-state index contributed by atoms with van der Waals surface area (Å²) in [6.07, 6.45) is 14.4.